The Labute approximate surface area is 182 Å². The maximum atomic E-state index is 12.7. The van der Waals surface area contributed by atoms with Crippen molar-refractivity contribution in [2.24, 2.45) is 4.99 Å². The van der Waals surface area contributed by atoms with E-state index in [1.165, 1.54) is 44.7 Å². The number of hydrogen-bond acceptors (Lipinski definition) is 4. The first-order valence-corrected chi connectivity index (χ1v) is 10.4. The minimum absolute atomic E-state index is 0.0749. The molecule has 0 spiro atoms. The first-order valence-electron chi connectivity index (χ1n) is 10.4. The molecule has 0 atom stereocenters. The van der Waals surface area contributed by atoms with Crippen molar-refractivity contribution in [2.75, 3.05) is 27.2 Å². The van der Waals surface area contributed by atoms with E-state index in [-0.39, 0.29) is 12.3 Å². The van der Waals surface area contributed by atoms with Gasteiger partial charge in [-0.25, -0.2) is 0 Å². The summed E-state index contributed by atoms with van der Waals surface area (Å²) >= 11 is 0. The van der Waals surface area contributed by atoms with Crippen LogP contribution in [-0.2, 0) is 19.6 Å². The molecule has 1 aliphatic rings. The molecule has 0 unspecified atom stereocenters. The third-order valence-corrected chi connectivity index (χ3v) is 5.25. The SMILES string of the molecule is CN=C(NCc1ccc(CN2CCCC2)cc1)NCc1ccc(OC)cc1OC(F)F. The van der Waals surface area contributed by atoms with Crippen LogP contribution in [0.5, 0.6) is 11.5 Å². The second kappa shape index (κ2) is 11.5. The Bertz CT molecular complexity index is 853. The Hall–Kier alpha value is -2.87. The summed E-state index contributed by atoms with van der Waals surface area (Å²) in [5.74, 6) is 1.10. The van der Waals surface area contributed by atoms with Crippen molar-refractivity contribution in [3.8, 4) is 11.5 Å². The molecule has 0 saturated carbocycles. The van der Waals surface area contributed by atoms with E-state index < -0.39 is 6.61 Å². The molecule has 2 aromatic carbocycles. The number of methoxy groups -OCH3 is 1. The highest BCUT2D eigenvalue weighted by molar-refractivity contribution is 5.79. The normalized spacial score (nSPS) is 14.7. The molecule has 1 aliphatic heterocycles. The summed E-state index contributed by atoms with van der Waals surface area (Å²) in [4.78, 5) is 6.68. The molecule has 8 heteroatoms. The number of nitrogens with one attached hydrogen (secondary N) is 2. The van der Waals surface area contributed by atoms with Crippen molar-refractivity contribution >= 4 is 5.96 Å². The molecule has 6 nitrogen and oxygen atoms in total. The number of benzene rings is 2. The minimum atomic E-state index is -2.91. The Balaban J connectivity index is 1.51. The van der Waals surface area contributed by atoms with Crippen molar-refractivity contribution in [1.29, 1.82) is 0 Å². The Kier molecular flexibility index (Phi) is 8.46. The number of hydrogen-bond donors (Lipinski definition) is 2. The first kappa shape index (κ1) is 22.8. The van der Waals surface area contributed by atoms with Crippen LogP contribution in [0.2, 0.25) is 0 Å². The lowest BCUT2D eigenvalue weighted by Crippen LogP contribution is -2.36. The fraction of sp³-hybridized carbons (Fsp3) is 0.435. The molecule has 168 valence electrons. The van der Waals surface area contributed by atoms with Gasteiger partial charge in [0, 0.05) is 38.3 Å². The second-order valence-electron chi connectivity index (χ2n) is 7.43. The van der Waals surface area contributed by atoms with Crippen LogP contribution < -0.4 is 20.1 Å². The quantitative estimate of drug-likeness (QED) is 0.467. The molecule has 0 amide bonds. The average Bonchev–Trinajstić information content (AvgIpc) is 3.28. The largest absolute Gasteiger partial charge is 0.497 e. The zero-order chi connectivity index (χ0) is 22.1. The van der Waals surface area contributed by atoms with Crippen molar-refractivity contribution < 1.29 is 18.3 Å². The number of likely N-dealkylation sites (tertiary alicyclic amines) is 1. The number of alkyl halides is 2. The average molecular weight is 433 g/mol. The van der Waals surface area contributed by atoms with Gasteiger partial charge in [-0.3, -0.25) is 9.89 Å². The maximum absolute atomic E-state index is 12.7. The fourth-order valence-electron chi connectivity index (χ4n) is 3.56. The summed E-state index contributed by atoms with van der Waals surface area (Å²) in [5.41, 5.74) is 3.04. The summed E-state index contributed by atoms with van der Waals surface area (Å²) in [6.07, 6.45) is 2.58. The summed E-state index contributed by atoms with van der Waals surface area (Å²) < 4.78 is 35.2. The predicted molar refractivity (Wildman–Crippen MR) is 118 cm³/mol. The van der Waals surface area contributed by atoms with E-state index in [4.69, 9.17) is 4.74 Å². The van der Waals surface area contributed by atoms with Gasteiger partial charge in [-0.1, -0.05) is 24.3 Å². The Morgan fingerprint density at radius 2 is 1.71 bits per heavy atom. The Morgan fingerprint density at radius 3 is 2.35 bits per heavy atom. The van der Waals surface area contributed by atoms with E-state index in [9.17, 15) is 8.78 Å². The molecule has 0 radical (unpaired) electrons. The summed E-state index contributed by atoms with van der Waals surface area (Å²) in [7, 11) is 3.14. The van der Waals surface area contributed by atoms with E-state index in [0.29, 0.717) is 23.8 Å². The Morgan fingerprint density at radius 1 is 1.03 bits per heavy atom. The van der Waals surface area contributed by atoms with Crippen LogP contribution in [0.1, 0.15) is 29.5 Å². The smallest absolute Gasteiger partial charge is 0.387 e. The highest BCUT2D eigenvalue weighted by Crippen LogP contribution is 2.26. The van der Waals surface area contributed by atoms with E-state index in [1.54, 1.807) is 19.2 Å². The lowest BCUT2D eigenvalue weighted by molar-refractivity contribution is -0.0505. The third kappa shape index (κ3) is 7.10. The molecule has 1 heterocycles. The van der Waals surface area contributed by atoms with Crippen molar-refractivity contribution in [3.63, 3.8) is 0 Å². The van der Waals surface area contributed by atoms with Gasteiger partial charge in [0.25, 0.3) is 0 Å². The topological polar surface area (TPSA) is 58.1 Å². The van der Waals surface area contributed by atoms with E-state index >= 15 is 0 Å². The van der Waals surface area contributed by atoms with Gasteiger partial charge in [0.15, 0.2) is 5.96 Å². The number of nitrogens with zero attached hydrogens (tertiary/aromatic N) is 2. The van der Waals surface area contributed by atoms with E-state index in [0.717, 1.165) is 12.1 Å². The first-order chi connectivity index (χ1) is 15.1. The molecule has 0 aromatic heterocycles. The van der Waals surface area contributed by atoms with Gasteiger partial charge >= 0.3 is 6.61 Å². The molecule has 2 aromatic rings. The molecular formula is C23H30F2N4O2. The zero-order valence-electron chi connectivity index (χ0n) is 18.0. The van der Waals surface area contributed by atoms with Crippen LogP contribution in [0, 0.1) is 0 Å². The van der Waals surface area contributed by atoms with Gasteiger partial charge in [0.1, 0.15) is 11.5 Å². The molecule has 1 saturated heterocycles. The number of aliphatic imine (C=N–C) groups is 1. The second-order valence-corrected chi connectivity index (χ2v) is 7.43. The molecule has 3 rings (SSSR count). The summed E-state index contributed by atoms with van der Waals surface area (Å²) in [6.45, 7) is 1.35. The molecule has 0 bridgehead atoms. The zero-order valence-corrected chi connectivity index (χ0v) is 18.0. The molecule has 0 aliphatic carbocycles. The summed E-state index contributed by atoms with van der Waals surface area (Å²) in [6, 6.07) is 13.4. The molecular weight excluding hydrogens is 402 g/mol. The number of halogens is 2. The highest BCUT2D eigenvalue weighted by Gasteiger charge is 2.13. The molecule has 31 heavy (non-hydrogen) atoms. The number of ether oxygens (including phenoxy) is 2. The highest BCUT2D eigenvalue weighted by atomic mass is 19.3. The predicted octanol–water partition coefficient (Wildman–Crippen LogP) is 3.76. The van der Waals surface area contributed by atoms with Gasteiger partial charge in [-0.05, 0) is 49.2 Å². The minimum Gasteiger partial charge on any atom is -0.497 e. The standard InChI is InChI=1S/C23H30F2N4O2/c1-26-23(28-15-19-9-10-20(30-2)13-21(19)31-22(24)25)27-14-17-5-7-18(8-6-17)16-29-11-3-4-12-29/h5-10,13,22H,3-4,11-12,14-16H2,1-2H3,(H2,26,27,28). The van der Waals surface area contributed by atoms with Crippen LogP contribution >= 0.6 is 0 Å². The molecule has 1 fully saturated rings. The van der Waals surface area contributed by atoms with Crippen molar-refractivity contribution in [1.82, 2.24) is 15.5 Å². The molecule has 2 N–H and O–H groups in total. The van der Waals surface area contributed by atoms with Crippen LogP contribution in [-0.4, -0.2) is 44.7 Å². The van der Waals surface area contributed by atoms with Crippen LogP contribution in [0.15, 0.2) is 47.5 Å². The third-order valence-electron chi connectivity index (χ3n) is 5.25. The van der Waals surface area contributed by atoms with Gasteiger partial charge in [0.05, 0.1) is 7.11 Å². The lowest BCUT2D eigenvalue weighted by atomic mass is 10.1. The van der Waals surface area contributed by atoms with Crippen LogP contribution in [0.4, 0.5) is 8.78 Å². The summed E-state index contributed by atoms with van der Waals surface area (Å²) in [5, 5.41) is 6.38. The van der Waals surface area contributed by atoms with E-state index in [1.807, 2.05) is 0 Å². The fourth-order valence-corrected chi connectivity index (χ4v) is 3.56. The van der Waals surface area contributed by atoms with Crippen molar-refractivity contribution in [3.05, 3.63) is 59.2 Å². The number of guanidine groups is 1. The van der Waals surface area contributed by atoms with Crippen LogP contribution in [0.25, 0.3) is 0 Å². The van der Waals surface area contributed by atoms with Crippen molar-refractivity contribution in [2.45, 2.75) is 39.1 Å². The number of rotatable bonds is 9. The van der Waals surface area contributed by atoms with E-state index in [2.05, 4.69) is 49.5 Å². The van der Waals surface area contributed by atoms with Gasteiger partial charge < -0.3 is 20.1 Å². The van der Waals surface area contributed by atoms with Gasteiger partial charge in [0.2, 0.25) is 0 Å². The lowest BCUT2D eigenvalue weighted by Gasteiger charge is -2.16. The van der Waals surface area contributed by atoms with Crippen LogP contribution in [0.3, 0.4) is 0 Å². The van der Waals surface area contributed by atoms with Gasteiger partial charge in [-0.15, -0.1) is 0 Å². The maximum Gasteiger partial charge on any atom is 0.387 e. The monoisotopic (exact) mass is 432 g/mol. The van der Waals surface area contributed by atoms with Gasteiger partial charge in [-0.2, -0.15) is 8.78 Å².